The number of nitrogens with zero attached hydrogens (tertiary/aromatic N) is 3. The van der Waals surface area contributed by atoms with E-state index in [2.05, 4.69) is 24.0 Å². The summed E-state index contributed by atoms with van der Waals surface area (Å²) in [7, 11) is 4.14. The fraction of sp³-hybridized carbons (Fsp3) is 0.500. The van der Waals surface area contributed by atoms with Gasteiger partial charge in [0.05, 0.1) is 16.3 Å². The van der Waals surface area contributed by atoms with Gasteiger partial charge in [0.2, 0.25) is 0 Å². The molecule has 0 amide bonds. The summed E-state index contributed by atoms with van der Waals surface area (Å²) >= 11 is 3.26. The van der Waals surface area contributed by atoms with Crippen LogP contribution in [0.3, 0.4) is 0 Å². The minimum atomic E-state index is 0.634. The molecule has 3 rings (SSSR count). The molecule has 1 saturated carbocycles. The van der Waals surface area contributed by atoms with Crippen LogP contribution in [0.4, 0.5) is 5.13 Å². The smallest absolute Gasteiger partial charge is 0.180 e. The van der Waals surface area contributed by atoms with E-state index in [9.17, 15) is 0 Å². The van der Waals surface area contributed by atoms with Crippen LogP contribution in [0.5, 0.6) is 0 Å². The first-order valence-corrected chi connectivity index (χ1v) is 7.69. The van der Waals surface area contributed by atoms with Crippen molar-refractivity contribution in [1.29, 1.82) is 0 Å². The standard InChI is InChI=1S/C12H16N4S2/c1-16(2)5-9-15-10(7-3-4-7)11(18-9)8-6-17-12(13)14-8/h6-7H,3-5H2,1-2H3,(H2,13,14). The molecule has 6 heteroatoms. The van der Waals surface area contributed by atoms with Crippen molar-refractivity contribution in [2.75, 3.05) is 19.8 Å². The molecule has 0 unspecified atom stereocenters. The lowest BCUT2D eigenvalue weighted by Crippen LogP contribution is -2.10. The van der Waals surface area contributed by atoms with Gasteiger partial charge in [-0.15, -0.1) is 22.7 Å². The van der Waals surface area contributed by atoms with Gasteiger partial charge in [-0.1, -0.05) is 0 Å². The fourth-order valence-corrected chi connectivity index (χ4v) is 3.78. The Kier molecular flexibility index (Phi) is 3.09. The van der Waals surface area contributed by atoms with Gasteiger partial charge in [-0.2, -0.15) is 0 Å². The van der Waals surface area contributed by atoms with Crippen LogP contribution in [0.25, 0.3) is 10.6 Å². The Labute approximate surface area is 114 Å². The van der Waals surface area contributed by atoms with Gasteiger partial charge in [-0.05, 0) is 26.9 Å². The van der Waals surface area contributed by atoms with E-state index in [1.807, 2.05) is 5.38 Å². The van der Waals surface area contributed by atoms with Crippen LogP contribution >= 0.6 is 22.7 Å². The largest absolute Gasteiger partial charge is 0.375 e. The van der Waals surface area contributed by atoms with Crippen molar-refractivity contribution in [1.82, 2.24) is 14.9 Å². The molecule has 0 radical (unpaired) electrons. The van der Waals surface area contributed by atoms with Crippen molar-refractivity contribution in [3.63, 3.8) is 0 Å². The molecule has 2 aromatic rings. The van der Waals surface area contributed by atoms with Crippen LogP contribution in [0.1, 0.15) is 29.5 Å². The predicted octanol–water partition coefficient (Wildman–Crippen LogP) is 2.79. The van der Waals surface area contributed by atoms with Crippen molar-refractivity contribution in [2.45, 2.75) is 25.3 Å². The average Bonchev–Trinajstić information content (AvgIpc) is 2.93. The van der Waals surface area contributed by atoms with Gasteiger partial charge < -0.3 is 10.6 Å². The number of hydrogen-bond donors (Lipinski definition) is 1. The highest BCUT2D eigenvalue weighted by atomic mass is 32.1. The number of rotatable bonds is 4. The Morgan fingerprint density at radius 1 is 1.39 bits per heavy atom. The van der Waals surface area contributed by atoms with Crippen LogP contribution in [-0.4, -0.2) is 29.0 Å². The van der Waals surface area contributed by atoms with Gasteiger partial charge in [0, 0.05) is 17.8 Å². The molecule has 1 aliphatic carbocycles. The van der Waals surface area contributed by atoms with Crippen molar-refractivity contribution >= 4 is 27.8 Å². The number of nitrogen functional groups attached to an aromatic ring is 1. The van der Waals surface area contributed by atoms with E-state index < -0.39 is 0 Å². The zero-order valence-corrected chi connectivity index (χ0v) is 12.1. The molecule has 4 nitrogen and oxygen atoms in total. The molecule has 0 atom stereocenters. The third-order valence-corrected chi connectivity index (χ3v) is 4.62. The zero-order valence-electron chi connectivity index (χ0n) is 10.5. The van der Waals surface area contributed by atoms with Crippen LogP contribution < -0.4 is 5.73 Å². The summed E-state index contributed by atoms with van der Waals surface area (Å²) in [6.07, 6.45) is 2.52. The maximum Gasteiger partial charge on any atom is 0.180 e. The highest BCUT2D eigenvalue weighted by molar-refractivity contribution is 7.16. The summed E-state index contributed by atoms with van der Waals surface area (Å²) in [4.78, 5) is 12.6. The molecule has 96 valence electrons. The third-order valence-electron chi connectivity index (χ3n) is 2.87. The Bertz CT molecular complexity index is 554. The summed E-state index contributed by atoms with van der Waals surface area (Å²) in [5.41, 5.74) is 7.97. The Hall–Kier alpha value is -0.980. The summed E-state index contributed by atoms with van der Waals surface area (Å²) in [5.74, 6) is 0.648. The van der Waals surface area contributed by atoms with Crippen molar-refractivity contribution < 1.29 is 0 Å². The monoisotopic (exact) mass is 280 g/mol. The molecule has 2 N–H and O–H groups in total. The molecule has 0 spiro atoms. The third kappa shape index (κ3) is 2.41. The number of aromatic nitrogens is 2. The lowest BCUT2D eigenvalue weighted by atomic mass is 10.2. The van der Waals surface area contributed by atoms with E-state index in [1.165, 1.54) is 39.8 Å². The van der Waals surface area contributed by atoms with Crippen molar-refractivity contribution in [3.05, 3.63) is 16.1 Å². The normalized spacial score (nSPS) is 15.5. The maximum atomic E-state index is 5.73. The van der Waals surface area contributed by atoms with Crippen molar-refractivity contribution in [3.8, 4) is 10.6 Å². The SMILES string of the molecule is CN(C)Cc1nc(C2CC2)c(-c2csc(N)n2)s1. The van der Waals surface area contributed by atoms with E-state index in [1.54, 1.807) is 11.3 Å². The first-order chi connectivity index (χ1) is 8.63. The molecule has 0 saturated heterocycles. The summed E-state index contributed by atoms with van der Waals surface area (Å²) < 4.78 is 0. The molecule has 2 heterocycles. The quantitative estimate of drug-likeness (QED) is 0.935. The van der Waals surface area contributed by atoms with Gasteiger partial charge >= 0.3 is 0 Å². The molecule has 1 aliphatic rings. The number of hydrogen-bond acceptors (Lipinski definition) is 6. The Morgan fingerprint density at radius 3 is 2.72 bits per heavy atom. The molecule has 0 aromatic carbocycles. The summed E-state index contributed by atoms with van der Waals surface area (Å²) in [6.45, 7) is 0.893. The highest BCUT2D eigenvalue weighted by Crippen LogP contribution is 2.46. The second-order valence-electron chi connectivity index (χ2n) is 4.91. The van der Waals surface area contributed by atoms with Gasteiger partial charge in [-0.3, -0.25) is 0 Å². The van der Waals surface area contributed by atoms with Gasteiger partial charge in [0.1, 0.15) is 5.01 Å². The lowest BCUT2D eigenvalue weighted by molar-refractivity contribution is 0.401. The van der Waals surface area contributed by atoms with Crippen LogP contribution in [0, 0.1) is 0 Å². The lowest BCUT2D eigenvalue weighted by Gasteiger charge is -2.04. The topological polar surface area (TPSA) is 55.0 Å². The van der Waals surface area contributed by atoms with Gasteiger partial charge in [0.25, 0.3) is 0 Å². The van der Waals surface area contributed by atoms with Gasteiger partial charge in [-0.25, -0.2) is 9.97 Å². The highest BCUT2D eigenvalue weighted by Gasteiger charge is 2.30. The van der Waals surface area contributed by atoms with Crippen LogP contribution in [-0.2, 0) is 6.54 Å². The molecular weight excluding hydrogens is 264 g/mol. The average molecular weight is 280 g/mol. The van der Waals surface area contributed by atoms with E-state index in [0.717, 1.165) is 12.2 Å². The number of nitrogens with two attached hydrogens (primary N) is 1. The molecular formula is C12H16N4S2. The number of anilines is 1. The van der Waals surface area contributed by atoms with Crippen molar-refractivity contribution in [2.24, 2.45) is 0 Å². The molecule has 18 heavy (non-hydrogen) atoms. The molecule has 1 fully saturated rings. The first-order valence-electron chi connectivity index (χ1n) is 5.99. The molecule has 2 aromatic heterocycles. The summed E-state index contributed by atoms with van der Waals surface area (Å²) in [5, 5.41) is 3.84. The van der Waals surface area contributed by atoms with Gasteiger partial charge in [0.15, 0.2) is 5.13 Å². The first kappa shape index (κ1) is 12.1. The van der Waals surface area contributed by atoms with E-state index >= 15 is 0 Å². The Morgan fingerprint density at radius 2 is 2.17 bits per heavy atom. The maximum absolute atomic E-state index is 5.73. The van der Waals surface area contributed by atoms with Crippen LogP contribution in [0.2, 0.25) is 0 Å². The molecule has 0 bridgehead atoms. The Balaban J connectivity index is 1.98. The summed E-state index contributed by atoms with van der Waals surface area (Å²) in [6, 6.07) is 0. The van der Waals surface area contributed by atoms with E-state index in [0.29, 0.717) is 11.0 Å². The number of thiazole rings is 2. The van der Waals surface area contributed by atoms with E-state index in [-0.39, 0.29) is 0 Å². The zero-order chi connectivity index (χ0) is 12.7. The predicted molar refractivity (Wildman–Crippen MR) is 77.0 cm³/mol. The van der Waals surface area contributed by atoms with E-state index in [4.69, 9.17) is 10.7 Å². The fourth-order valence-electron chi connectivity index (χ4n) is 1.93. The second kappa shape index (κ2) is 4.60. The van der Waals surface area contributed by atoms with Crippen LogP contribution in [0.15, 0.2) is 5.38 Å². The minimum absolute atomic E-state index is 0.634. The second-order valence-corrected chi connectivity index (χ2v) is 6.88. The minimum Gasteiger partial charge on any atom is -0.375 e. The molecule has 0 aliphatic heterocycles.